The number of anilines is 1. The van der Waals surface area contributed by atoms with Gasteiger partial charge in [-0.3, -0.25) is 4.79 Å². The number of halogens is 1. The SMILES string of the molecule is CCC(C)C(C)NC(=O)c1nc(NC)ccc1Cl. The number of hydrogen-bond acceptors (Lipinski definition) is 3. The zero-order valence-electron chi connectivity index (χ0n) is 11.2. The van der Waals surface area contributed by atoms with Crippen molar-refractivity contribution in [2.24, 2.45) is 5.92 Å². The Bertz CT molecular complexity index is 423. The van der Waals surface area contributed by atoms with Gasteiger partial charge in [-0.15, -0.1) is 0 Å². The van der Waals surface area contributed by atoms with E-state index in [9.17, 15) is 4.79 Å². The van der Waals surface area contributed by atoms with Crippen LogP contribution in [0.5, 0.6) is 0 Å². The summed E-state index contributed by atoms with van der Waals surface area (Å²) in [6.07, 6.45) is 1.01. The van der Waals surface area contributed by atoms with Crippen molar-refractivity contribution < 1.29 is 4.79 Å². The molecule has 0 aliphatic rings. The third-order valence-electron chi connectivity index (χ3n) is 3.17. The van der Waals surface area contributed by atoms with Gasteiger partial charge in [-0.25, -0.2) is 4.98 Å². The van der Waals surface area contributed by atoms with Crippen LogP contribution in [0.4, 0.5) is 5.82 Å². The second-order valence-electron chi connectivity index (χ2n) is 4.42. The third-order valence-corrected chi connectivity index (χ3v) is 3.48. The number of nitrogens with one attached hydrogen (secondary N) is 2. The van der Waals surface area contributed by atoms with Crippen LogP contribution in [-0.4, -0.2) is 24.0 Å². The minimum absolute atomic E-state index is 0.0959. The van der Waals surface area contributed by atoms with Gasteiger partial charge in [-0.05, 0) is 25.0 Å². The molecule has 0 aromatic carbocycles. The number of aromatic nitrogens is 1. The number of nitrogens with zero attached hydrogens (tertiary/aromatic N) is 1. The quantitative estimate of drug-likeness (QED) is 0.864. The molecule has 0 spiro atoms. The lowest BCUT2D eigenvalue weighted by molar-refractivity contribution is 0.0923. The number of carbonyl (C=O) groups is 1. The van der Waals surface area contributed by atoms with Gasteiger partial charge in [-0.1, -0.05) is 31.9 Å². The zero-order valence-corrected chi connectivity index (χ0v) is 12.0. The van der Waals surface area contributed by atoms with Gasteiger partial charge in [0.1, 0.15) is 11.5 Å². The fourth-order valence-electron chi connectivity index (χ4n) is 1.51. The monoisotopic (exact) mass is 269 g/mol. The Morgan fingerprint density at radius 2 is 2.11 bits per heavy atom. The highest BCUT2D eigenvalue weighted by Crippen LogP contribution is 2.17. The molecule has 4 nitrogen and oxygen atoms in total. The van der Waals surface area contributed by atoms with Gasteiger partial charge in [-0.2, -0.15) is 0 Å². The number of pyridine rings is 1. The van der Waals surface area contributed by atoms with Gasteiger partial charge in [0.25, 0.3) is 5.91 Å². The first-order valence-corrected chi connectivity index (χ1v) is 6.52. The summed E-state index contributed by atoms with van der Waals surface area (Å²) in [6, 6.07) is 3.50. The maximum Gasteiger partial charge on any atom is 0.271 e. The molecule has 0 aliphatic carbocycles. The van der Waals surface area contributed by atoms with Crippen molar-refractivity contribution in [3.63, 3.8) is 0 Å². The molecule has 1 aromatic heterocycles. The van der Waals surface area contributed by atoms with E-state index >= 15 is 0 Å². The van der Waals surface area contributed by atoms with E-state index in [0.29, 0.717) is 16.8 Å². The van der Waals surface area contributed by atoms with Crippen molar-refractivity contribution in [1.29, 1.82) is 0 Å². The van der Waals surface area contributed by atoms with Gasteiger partial charge in [0.2, 0.25) is 0 Å². The largest absolute Gasteiger partial charge is 0.373 e. The van der Waals surface area contributed by atoms with E-state index in [1.165, 1.54) is 0 Å². The molecule has 18 heavy (non-hydrogen) atoms. The highest BCUT2D eigenvalue weighted by atomic mass is 35.5. The molecule has 0 saturated carbocycles. The Kier molecular flexibility index (Phi) is 5.41. The number of hydrogen-bond donors (Lipinski definition) is 2. The summed E-state index contributed by atoms with van der Waals surface area (Å²) in [6.45, 7) is 6.19. The molecule has 100 valence electrons. The van der Waals surface area contributed by atoms with E-state index in [4.69, 9.17) is 11.6 Å². The van der Waals surface area contributed by atoms with Crippen molar-refractivity contribution >= 4 is 23.3 Å². The van der Waals surface area contributed by atoms with Crippen LogP contribution in [0.3, 0.4) is 0 Å². The van der Waals surface area contributed by atoms with E-state index in [1.807, 2.05) is 6.92 Å². The predicted octanol–water partition coefficient (Wildman–Crippen LogP) is 2.94. The molecule has 0 aliphatic heterocycles. The van der Waals surface area contributed by atoms with Gasteiger partial charge >= 0.3 is 0 Å². The number of rotatable bonds is 5. The third kappa shape index (κ3) is 3.60. The average Bonchev–Trinajstić information content (AvgIpc) is 2.38. The van der Waals surface area contributed by atoms with Crippen LogP contribution in [0.2, 0.25) is 5.02 Å². The van der Waals surface area contributed by atoms with Crippen LogP contribution >= 0.6 is 11.6 Å². The lowest BCUT2D eigenvalue weighted by Crippen LogP contribution is -2.37. The smallest absolute Gasteiger partial charge is 0.271 e. The van der Waals surface area contributed by atoms with Gasteiger partial charge in [0, 0.05) is 13.1 Å². The second-order valence-corrected chi connectivity index (χ2v) is 4.83. The molecule has 2 N–H and O–H groups in total. The molecular weight excluding hydrogens is 250 g/mol. The fraction of sp³-hybridized carbons (Fsp3) is 0.538. The molecule has 0 bridgehead atoms. The Morgan fingerprint density at radius 3 is 2.67 bits per heavy atom. The van der Waals surface area contributed by atoms with Crippen LogP contribution in [0, 0.1) is 5.92 Å². The summed E-state index contributed by atoms with van der Waals surface area (Å²) in [5.74, 6) is 0.811. The first-order chi connectivity index (χ1) is 8.49. The zero-order chi connectivity index (χ0) is 13.7. The van der Waals surface area contributed by atoms with Gasteiger partial charge in [0.15, 0.2) is 0 Å². The molecule has 0 fully saturated rings. The van der Waals surface area contributed by atoms with E-state index in [0.717, 1.165) is 6.42 Å². The minimum Gasteiger partial charge on any atom is -0.373 e. The lowest BCUT2D eigenvalue weighted by atomic mass is 10.0. The van der Waals surface area contributed by atoms with Crippen molar-refractivity contribution in [2.75, 3.05) is 12.4 Å². The fourth-order valence-corrected chi connectivity index (χ4v) is 1.70. The highest BCUT2D eigenvalue weighted by molar-refractivity contribution is 6.33. The van der Waals surface area contributed by atoms with E-state index in [-0.39, 0.29) is 17.6 Å². The summed E-state index contributed by atoms with van der Waals surface area (Å²) in [4.78, 5) is 16.3. The van der Waals surface area contributed by atoms with E-state index < -0.39 is 0 Å². The van der Waals surface area contributed by atoms with Gasteiger partial charge < -0.3 is 10.6 Å². The van der Waals surface area contributed by atoms with Crippen molar-refractivity contribution in [2.45, 2.75) is 33.2 Å². The summed E-state index contributed by atoms with van der Waals surface area (Å²) in [5, 5.41) is 6.18. The maximum atomic E-state index is 12.1. The van der Waals surface area contributed by atoms with Crippen LogP contribution in [0.1, 0.15) is 37.7 Å². The highest BCUT2D eigenvalue weighted by Gasteiger charge is 2.18. The van der Waals surface area contributed by atoms with Crippen molar-refractivity contribution in [3.8, 4) is 0 Å². The van der Waals surface area contributed by atoms with Crippen LogP contribution in [0.25, 0.3) is 0 Å². The number of amides is 1. The molecule has 1 amide bonds. The lowest BCUT2D eigenvalue weighted by Gasteiger charge is -2.20. The average molecular weight is 270 g/mol. The Morgan fingerprint density at radius 1 is 1.44 bits per heavy atom. The summed E-state index contributed by atoms with van der Waals surface area (Å²) < 4.78 is 0. The van der Waals surface area contributed by atoms with Crippen molar-refractivity contribution in [1.82, 2.24) is 10.3 Å². The molecule has 0 radical (unpaired) electrons. The number of carbonyl (C=O) groups excluding carboxylic acids is 1. The molecule has 2 atom stereocenters. The standard InChI is InChI=1S/C13H20ClN3O/c1-5-8(2)9(3)16-13(18)12-10(14)6-7-11(15-4)17-12/h6-9H,5H2,1-4H3,(H,15,17)(H,16,18). The molecule has 1 heterocycles. The topological polar surface area (TPSA) is 54.0 Å². The Hall–Kier alpha value is -1.29. The van der Waals surface area contributed by atoms with Crippen LogP contribution in [-0.2, 0) is 0 Å². The Balaban J connectivity index is 2.83. The molecule has 1 rings (SSSR count). The summed E-state index contributed by atoms with van der Waals surface area (Å²) in [7, 11) is 1.75. The first kappa shape index (κ1) is 14.8. The normalized spacial score (nSPS) is 13.8. The molecule has 1 aromatic rings. The molecular formula is C13H20ClN3O. The predicted molar refractivity (Wildman–Crippen MR) is 75.2 cm³/mol. The molecule has 0 saturated heterocycles. The van der Waals surface area contributed by atoms with Crippen molar-refractivity contribution in [3.05, 3.63) is 22.8 Å². The molecule has 5 heteroatoms. The first-order valence-electron chi connectivity index (χ1n) is 6.14. The Labute approximate surface area is 113 Å². The van der Waals surface area contributed by atoms with E-state index in [1.54, 1.807) is 19.2 Å². The minimum atomic E-state index is -0.232. The van der Waals surface area contributed by atoms with E-state index in [2.05, 4.69) is 29.5 Å². The molecule has 2 unspecified atom stereocenters. The van der Waals surface area contributed by atoms with Crippen LogP contribution in [0.15, 0.2) is 12.1 Å². The maximum absolute atomic E-state index is 12.1. The summed E-state index contributed by atoms with van der Waals surface area (Å²) >= 11 is 5.99. The van der Waals surface area contributed by atoms with Crippen LogP contribution < -0.4 is 10.6 Å². The summed E-state index contributed by atoms with van der Waals surface area (Å²) in [5.41, 5.74) is 0.263. The van der Waals surface area contributed by atoms with Gasteiger partial charge in [0.05, 0.1) is 5.02 Å². The second kappa shape index (κ2) is 6.59.